The lowest BCUT2D eigenvalue weighted by Gasteiger charge is -2.13. The summed E-state index contributed by atoms with van der Waals surface area (Å²) in [6, 6.07) is 11.3. The normalized spacial score (nSPS) is 10.2. The van der Waals surface area contributed by atoms with Crippen LogP contribution >= 0.6 is 0 Å². The van der Waals surface area contributed by atoms with Crippen LogP contribution in [-0.2, 0) is 0 Å². The average molecular weight is 312 g/mol. The molecule has 2 aromatic rings. The maximum atomic E-state index is 12.2. The van der Waals surface area contributed by atoms with E-state index in [1.54, 1.807) is 12.3 Å². The molecule has 1 amide bonds. The molecule has 0 atom stereocenters. The number of aromatic nitrogens is 1. The van der Waals surface area contributed by atoms with E-state index in [0.717, 1.165) is 36.6 Å². The summed E-state index contributed by atoms with van der Waals surface area (Å²) in [5.41, 5.74) is 2.40. The second-order valence-electron chi connectivity index (χ2n) is 5.61. The molecule has 1 aromatic carbocycles. The van der Waals surface area contributed by atoms with Gasteiger partial charge in [0.15, 0.2) is 0 Å². The van der Waals surface area contributed by atoms with Crippen LogP contribution in [0.2, 0.25) is 0 Å². The molecular formula is C18H24N4O. The third-order valence-electron chi connectivity index (χ3n) is 3.50. The summed E-state index contributed by atoms with van der Waals surface area (Å²) in [6.07, 6.45) is 3.84. The minimum atomic E-state index is -0.157. The van der Waals surface area contributed by atoms with Crippen molar-refractivity contribution in [1.82, 2.24) is 4.98 Å². The minimum Gasteiger partial charge on any atom is -0.378 e. The SMILES string of the molecule is CCCCNc1ccc(C(=O)Nc2ccc(N(C)C)cc2)cn1. The number of nitrogens with one attached hydrogen (secondary N) is 2. The summed E-state index contributed by atoms with van der Waals surface area (Å²) in [5.74, 6) is 0.639. The second-order valence-corrected chi connectivity index (χ2v) is 5.61. The van der Waals surface area contributed by atoms with E-state index in [1.165, 1.54) is 0 Å². The summed E-state index contributed by atoms with van der Waals surface area (Å²) in [5, 5.41) is 6.11. The van der Waals surface area contributed by atoms with Crippen LogP contribution in [0.4, 0.5) is 17.2 Å². The van der Waals surface area contributed by atoms with Gasteiger partial charge in [-0.2, -0.15) is 0 Å². The maximum absolute atomic E-state index is 12.2. The summed E-state index contributed by atoms with van der Waals surface area (Å²) >= 11 is 0. The molecule has 0 radical (unpaired) electrons. The Morgan fingerprint density at radius 2 is 1.87 bits per heavy atom. The molecule has 0 unspecified atom stereocenters. The Hall–Kier alpha value is -2.56. The zero-order chi connectivity index (χ0) is 16.7. The number of anilines is 3. The highest BCUT2D eigenvalue weighted by molar-refractivity contribution is 6.04. The van der Waals surface area contributed by atoms with E-state index >= 15 is 0 Å². The smallest absolute Gasteiger partial charge is 0.257 e. The van der Waals surface area contributed by atoms with Crippen LogP contribution < -0.4 is 15.5 Å². The fourth-order valence-electron chi connectivity index (χ4n) is 2.07. The lowest BCUT2D eigenvalue weighted by Crippen LogP contribution is -2.13. The summed E-state index contributed by atoms with van der Waals surface area (Å²) in [4.78, 5) is 18.5. The highest BCUT2D eigenvalue weighted by atomic mass is 16.1. The van der Waals surface area contributed by atoms with Gasteiger partial charge in [0.1, 0.15) is 5.82 Å². The molecule has 0 spiro atoms. The van der Waals surface area contributed by atoms with Gasteiger partial charge in [-0.1, -0.05) is 13.3 Å². The van der Waals surface area contributed by atoms with Crippen molar-refractivity contribution < 1.29 is 4.79 Å². The third-order valence-corrected chi connectivity index (χ3v) is 3.50. The monoisotopic (exact) mass is 312 g/mol. The number of unbranched alkanes of at least 4 members (excludes halogenated alkanes) is 1. The summed E-state index contributed by atoms with van der Waals surface area (Å²) < 4.78 is 0. The quantitative estimate of drug-likeness (QED) is 0.767. The predicted octanol–water partition coefficient (Wildman–Crippen LogP) is 3.61. The number of carbonyl (C=O) groups is 1. The number of hydrogen-bond acceptors (Lipinski definition) is 4. The van der Waals surface area contributed by atoms with Crippen LogP contribution in [0.15, 0.2) is 42.6 Å². The topological polar surface area (TPSA) is 57.3 Å². The van der Waals surface area contributed by atoms with Crippen LogP contribution in [0.5, 0.6) is 0 Å². The first-order chi connectivity index (χ1) is 11.1. The van der Waals surface area contributed by atoms with Gasteiger partial charge < -0.3 is 15.5 Å². The molecule has 1 heterocycles. The molecule has 0 saturated carbocycles. The van der Waals surface area contributed by atoms with Crippen molar-refractivity contribution in [2.75, 3.05) is 36.2 Å². The molecule has 0 aliphatic rings. The van der Waals surface area contributed by atoms with Gasteiger partial charge in [-0.25, -0.2) is 4.98 Å². The molecule has 122 valence electrons. The van der Waals surface area contributed by atoms with Crippen molar-refractivity contribution in [3.63, 3.8) is 0 Å². The van der Waals surface area contributed by atoms with E-state index in [-0.39, 0.29) is 5.91 Å². The van der Waals surface area contributed by atoms with Crippen LogP contribution in [0.1, 0.15) is 30.1 Å². The molecular weight excluding hydrogens is 288 g/mol. The van der Waals surface area contributed by atoms with Gasteiger partial charge in [0, 0.05) is 38.2 Å². The van der Waals surface area contributed by atoms with Crippen LogP contribution in [0.25, 0.3) is 0 Å². The number of pyridine rings is 1. The van der Waals surface area contributed by atoms with E-state index in [1.807, 2.05) is 49.3 Å². The zero-order valence-electron chi connectivity index (χ0n) is 14.0. The molecule has 0 saturated heterocycles. The number of carbonyl (C=O) groups excluding carboxylic acids is 1. The first kappa shape index (κ1) is 16.8. The largest absolute Gasteiger partial charge is 0.378 e. The predicted molar refractivity (Wildman–Crippen MR) is 96.4 cm³/mol. The zero-order valence-corrected chi connectivity index (χ0v) is 14.0. The van der Waals surface area contributed by atoms with Crippen molar-refractivity contribution in [3.05, 3.63) is 48.2 Å². The van der Waals surface area contributed by atoms with Crippen molar-refractivity contribution in [3.8, 4) is 0 Å². The fourth-order valence-corrected chi connectivity index (χ4v) is 2.07. The first-order valence-corrected chi connectivity index (χ1v) is 7.89. The van der Waals surface area contributed by atoms with Crippen LogP contribution in [0.3, 0.4) is 0 Å². The van der Waals surface area contributed by atoms with E-state index in [0.29, 0.717) is 5.56 Å². The molecule has 0 bridgehead atoms. The summed E-state index contributed by atoms with van der Waals surface area (Å²) in [6.45, 7) is 3.04. The van der Waals surface area contributed by atoms with Gasteiger partial charge in [0.2, 0.25) is 0 Å². The average Bonchev–Trinajstić information content (AvgIpc) is 2.56. The lowest BCUT2D eigenvalue weighted by atomic mass is 10.2. The molecule has 23 heavy (non-hydrogen) atoms. The lowest BCUT2D eigenvalue weighted by molar-refractivity contribution is 0.102. The highest BCUT2D eigenvalue weighted by Crippen LogP contribution is 2.16. The number of amides is 1. The Morgan fingerprint density at radius 3 is 2.43 bits per heavy atom. The van der Waals surface area contributed by atoms with E-state index < -0.39 is 0 Å². The van der Waals surface area contributed by atoms with E-state index in [2.05, 4.69) is 22.5 Å². The molecule has 5 heteroatoms. The van der Waals surface area contributed by atoms with Gasteiger partial charge in [0.05, 0.1) is 5.56 Å². The highest BCUT2D eigenvalue weighted by Gasteiger charge is 2.07. The van der Waals surface area contributed by atoms with E-state index in [9.17, 15) is 4.79 Å². The fraction of sp³-hybridized carbons (Fsp3) is 0.333. The van der Waals surface area contributed by atoms with Crippen molar-refractivity contribution >= 4 is 23.1 Å². The molecule has 1 aromatic heterocycles. The third kappa shape index (κ3) is 4.98. The molecule has 0 aliphatic heterocycles. The van der Waals surface area contributed by atoms with Crippen LogP contribution in [0, 0.1) is 0 Å². The molecule has 0 fully saturated rings. The second kappa shape index (κ2) is 8.17. The number of nitrogens with zero attached hydrogens (tertiary/aromatic N) is 2. The Balaban J connectivity index is 1.94. The first-order valence-electron chi connectivity index (χ1n) is 7.89. The maximum Gasteiger partial charge on any atom is 0.257 e. The van der Waals surface area contributed by atoms with Gasteiger partial charge in [-0.05, 0) is 42.8 Å². The van der Waals surface area contributed by atoms with Crippen LogP contribution in [-0.4, -0.2) is 31.5 Å². The number of hydrogen-bond donors (Lipinski definition) is 2. The Morgan fingerprint density at radius 1 is 1.13 bits per heavy atom. The van der Waals surface area contributed by atoms with Crippen molar-refractivity contribution in [2.24, 2.45) is 0 Å². The molecule has 2 rings (SSSR count). The number of benzene rings is 1. The Labute approximate surface area is 137 Å². The summed E-state index contributed by atoms with van der Waals surface area (Å²) in [7, 11) is 3.96. The van der Waals surface area contributed by atoms with Crippen molar-refractivity contribution in [2.45, 2.75) is 19.8 Å². The van der Waals surface area contributed by atoms with Crippen molar-refractivity contribution in [1.29, 1.82) is 0 Å². The Bertz CT molecular complexity index is 620. The van der Waals surface area contributed by atoms with Gasteiger partial charge in [0.25, 0.3) is 5.91 Å². The Kier molecular flexibility index (Phi) is 5.97. The van der Waals surface area contributed by atoms with Gasteiger partial charge in [-0.15, -0.1) is 0 Å². The molecule has 5 nitrogen and oxygen atoms in total. The standard InChI is InChI=1S/C18H24N4O/c1-4-5-12-19-17-11-6-14(13-20-17)18(23)21-15-7-9-16(10-8-15)22(2)3/h6-11,13H,4-5,12H2,1-3H3,(H,19,20)(H,21,23). The molecule has 0 aliphatic carbocycles. The van der Waals surface area contributed by atoms with Gasteiger partial charge in [-0.3, -0.25) is 4.79 Å². The minimum absolute atomic E-state index is 0.157. The number of rotatable bonds is 7. The van der Waals surface area contributed by atoms with E-state index in [4.69, 9.17) is 0 Å². The van der Waals surface area contributed by atoms with Gasteiger partial charge >= 0.3 is 0 Å². The molecule has 2 N–H and O–H groups in total.